The Morgan fingerprint density at radius 3 is 2.11 bits per heavy atom. The molecule has 9 heavy (non-hydrogen) atoms. The molecule has 0 radical (unpaired) electrons. The molecule has 1 aliphatic rings. The van der Waals surface area contributed by atoms with Gasteiger partial charge in [0.2, 0.25) is 0 Å². The van der Waals surface area contributed by atoms with Crippen molar-refractivity contribution in [2.45, 2.75) is 6.42 Å². The molecule has 6 heteroatoms. The van der Waals surface area contributed by atoms with Gasteiger partial charge in [-0.3, -0.25) is 0 Å². The van der Waals surface area contributed by atoms with Gasteiger partial charge in [-0.25, -0.2) is 0 Å². The Hall–Kier alpha value is 0.0000000000000000555. The van der Waals surface area contributed by atoms with E-state index in [0.717, 1.165) is 6.42 Å². The van der Waals surface area contributed by atoms with E-state index in [1.807, 2.05) is 0 Å². The Kier molecular flexibility index (Phi) is 3.92. The summed E-state index contributed by atoms with van der Waals surface area (Å²) in [5.74, 6) is 0. The van der Waals surface area contributed by atoms with Gasteiger partial charge in [0.25, 0.3) is 0 Å². The molecular formula is C3H6N3NaO2. The van der Waals surface area contributed by atoms with Gasteiger partial charge in [-0.2, -0.15) is 0 Å². The van der Waals surface area contributed by atoms with Crippen LogP contribution in [0.1, 0.15) is 6.42 Å². The molecule has 0 aromatic carbocycles. The minimum atomic E-state index is 0. The summed E-state index contributed by atoms with van der Waals surface area (Å²) in [4.78, 5) is 0.0868. The average Bonchev–Trinajstić information content (AvgIpc) is 1.62. The van der Waals surface area contributed by atoms with Gasteiger partial charge in [-0.05, 0) is 11.7 Å². The molecule has 0 atom stereocenters. The number of hydrogen-bond donors (Lipinski definition) is 0. The van der Waals surface area contributed by atoms with E-state index in [4.69, 9.17) is 0 Å². The molecule has 0 aliphatic carbocycles. The Balaban J connectivity index is 0.000000640. The monoisotopic (exact) mass is 139 g/mol. The van der Waals surface area contributed by atoms with E-state index < -0.39 is 0 Å². The predicted molar refractivity (Wildman–Crippen MR) is 25.6 cm³/mol. The molecule has 46 valence electrons. The molecule has 1 fully saturated rings. The van der Waals surface area contributed by atoms with Crippen LogP contribution in [-0.4, -0.2) is 23.1 Å². The fourth-order valence-corrected chi connectivity index (χ4v) is 0.522. The Bertz CT molecular complexity index is 114. The van der Waals surface area contributed by atoms with Crippen LogP contribution in [0.2, 0.25) is 0 Å². The average molecular weight is 139 g/mol. The zero-order valence-corrected chi connectivity index (χ0v) is 7.28. The Morgan fingerprint density at radius 2 is 2.00 bits per heavy atom. The van der Waals surface area contributed by atoms with Crippen LogP contribution in [0.5, 0.6) is 0 Å². The smallest absolute Gasteiger partial charge is 0.737 e. The maximum absolute atomic E-state index is 10.2. The number of hydrazine groups is 1. The molecule has 0 aromatic heterocycles. The summed E-state index contributed by atoms with van der Waals surface area (Å²) >= 11 is 0. The minimum absolute atomic E-state index is 0. The van der Waals surface area contributed by atoms with Crippen LogP contribution in [0, 0.1) is 10.4 Å². The number of hydrogen-bond acceptors (Lipinski definition) is 3. The van der Waals surface area contributed by atoms with E-state index in [1.165, 1.54) is 5.01 Å². The van der Waals surface area contributed by atoms with Gasteiger partial charge >= 0.3 is 29.6 Å². The maximum Gasteiger partial charge on any atom is 1.00 e. The van der Waals surface area contributed by atoms with Crippen molar-refractivity contribution in [1.82, 2.24) is 5.01 Å². The summed E-state index contributed by atoms with van der Waals surface area (Å²) in [6.45, 7) is 1.32. The van der Waals surface area contributed by atoms with Gasteiger partial charge in [-0.1, -0.05) is 0 Å². The summed E-state index contributed by atoms with van der Waals surface area (Å²) in [5.41, 5.74) is 0. The Labute approximate surface area is 74.8 Å². The van der Waals surface area contributed by atoms with E-state index in [2.05, 4.69) is 5.28 Å². The molecule has 1 aliphatic heterocycles. The summed E-state index contributed by atoms with van der Waals surface area (Å²) in [6.07, 6.45) is 0.980. The molecular weight excluding hydrogens is 133 g/mol. The van der Waals surface area contributed by atoms with Crippen LogP contribution in [0.3, 0.4) is 0 Å². The van der Waals surface area contributed by atoms with Crippen molar-refractivity contribution in [1.29, 1.82) is 0 Å². The van der Waals surface area contributed by atoms with Gasteiger partial charge in [0, 0.05) is 4.97 Å². The van der Waals surface area contributed by atoms with E-state index >= 15 is 0 Å². The summed E-state index contributed by atoms with van der Waals surface area (Å²) in [5, 5.41) is 23.1. The summed E-state index contributed by atoms with van der Waals surface area (Å²) < 4.78 is 0. The minimum Gasteiger partial charge on any atom is -0.737 e. The maximum atomic E-state index is 10.2. The topological polar surface area (TPSA) is 64.7 Å². The number of rotatable bonds is 1. The molecule has 1 rings (SSSR count). The van der Waals surface area contributed by atoms with E-state index in [1.54, 1.807) is 0 Å². The molecule has 1 saturated heterocycles. The van der Waals surface area contributed by atoms with E-state index in [9.17, 15) is 10.4 Å². The van der Waals surface area contributed by atoms with Gasteiger partial charge in [0.05, 0.1) is 13.1 Å². The SMILES string of the molecule is [Na+].[O-]/N=[N+](\[O-])N1CCC1. The second-order valence-electron chi connectivity index (χ2n) is 1.64. The third kappa shape index (κ3) is 2.00. The zero-order chi connectivity index (χ0) is 5.98. The van der Waals surface area contributed by atoms with Crippen molar-refractivity contribution in [3.05, 3.63) is 10.4 Å². The standard InChI is InChI=1S/C3H7N3O2.Na/c7-4-6(8)5-2-1-3-5;/h7H,1-3H2;/q;+1/p-1/b6-4-;. The first kappa shape index (κ1) is 9.00. The van der Waals surface area contributed by atoms with Crippen molar-refractivity contribution < 1.29 is 34.5 Å². The van der Waals surface area contributed by atoms with Crippen LogP contribution in [0.15, 0.2) is 5.28 Å². The van der Waals surface area contributed by atoms with Crippen molar-refractivity contribution >= 4 is 0 Å². The van der Waals surface area contributed by atoms with Crippen LogP contribution in [0.4, 0.5) is 0 Å². The Morgan fingerprint density at radius 1 is 1.44 bits per heavy atom. The molecule has 0 bridgehead atoms. The fourth-order valence-electron chi connectivity index (χ4n) is 0.522. The second-order valence-corrected chi connectivity index (χ2v) is 1.64. The van der Waals surface area contributed by atoms with E-state index in [0.29, 0.717) is 13.1 Å². The third-order valence-corrected chi connectivity index (χ3v) is 1.14. The van der Waals surface area contributed by atoms with Crippen molar-refractivity contribution in [3.8, 4) is 0 Å². The normalized spacial score (nSPS) is 18.2. The predicted octanol–water partition coefficient (Wildman–Crippen LogP) is -2.93. The summed E-state index contributed by atoms with van der Waals surface area (Å²) in [7, 11) is 0. The van der Waals surface area contributed by atoms with Crippen LogP contribution >= 0.6 is 0 Å². The zero-order valence-electron chi connectivity index (χ0n) is 5.28. The third-order valence-electron chi connectivity index (χ3n) is 1.14. The molecule has 0 spiro atoms. The van der Waals surface area contributed by atoms with Crippen molar-refractivity contribution in [2.75, 3.05) is 13.1 Å². The van der Waals surface area contributed by atoms with Crippen molar-refractivity contribution in [2.24, 2.45) is 5.28 Å². The molecule has 0 aromatic rings. The molecule has 1 heterocycles. The molecule has 0 saturated carbocycles. The van der Waals surface area contributed by atoms with Gasteiger partial charge < -0.3 is 10.4 Å². The molecule has 0 unspecified atom stereocenters. The first-order valence-corrected chi connectivity index (χ1v) is 2.40. The van der Waals surface area contributed by atoms with Gasteiger partial charge in [0.1, 0.15) is 0 Å². The quantitative estimate of drug-likeness (QED) is 0.169. The van der Waals surface area contributed by atoms with Gasteiger partial charge in [-0.15, -0.1) is 5.01 Å². The number of nitrogens with zero attached hydrogens (tertiary/aromatic N) is 3. The van der Waals surface area contributed by atoms with Crippen LogP contribution in [-0.2, 0) is 0 Å². The van der Waals surface area contributed by atoms with Crippen molar-refractivity contribution in [3.63, 3.8) is 0 Å². The fraction of sp³-hybridized carbons (Fsp3) is 1.00. The van der Waals surface area contributed by atoms with E-state index in [-0.39, 0.29) is 34.5 Å². The first-order chi connectivity index (χ1) is 3.84. The molecule has 5 nitrogen and oxygen atoms in total. The second kappa shape index (κ2) is 3.92. The van der Waals surface area contributed by atoms with Crippen LogP contribution in [0.25, 0.3) is 0 Å². The molecule has 0 N–H and O–H groups in total. The molecule has 0 amide bonds. The van der Waals surface area contributed by atoms with Gasteiger partial charge in [0.15, 0.2) is 0 Å². The van der Waals surface area contributed by atoms with Crippen LogP contribution < -0.4 is 29.6 Å². The first-order valence-electron chi connectivity index (χ1n) is 2.40. The largest absolute Gasteiger partial charge is 1.00 e. The summed E-state index contributed by atoms with van der Waals surface area (Å²) in [6, 6.07) is 0.